The molecule has 0 aromatic heterocycles. The Morgan fingerprint density at radius 1 is 1.28 bits per heavy atom. The molecule has 102 valence electrons. The van der Waals surface area contributed by atoms with Crippen LogP contribution in [-0.2, 0) is 9.22 Å². The summed E-state index contributed by atoms with van der Waals surface area (Å²) in [4.78, 5) is 11.8. The maximum absolute atomic E-state index is 11.8. The highest BCUT2D eigenvalue weighted by Gasteiger charge is 2.83. The first kappa shape index (κ1) is 12.8. The highest BCUT2D eigenvalue weighted by atomic mass is 28.4. The zero-order valence-electron chi connectivity index (χ0n) is 11.9. The van der Waals surface area contributed by atoms with Crippen molar-refractivity contribution in [2.75, 3.05) is 0 Å². The Morgan fingerprint density at radius 2 is 1.94 bits per heavy atom. The first-order valence-corrected chi connectivity index (χ1v) is 10.5. The highest BCUT2D eigenvalue weighted by Crippen LogP contribution is 2.78. The minimum Gasteiger partial charge on any atom is -0.409 e. The normalized spacial score (nSPS) is 50.9. The lowest BCUT2D eigenvalue weighted by Gasteiger charge is -2.69. The summed E-state index contributed by atoms with van der Waals surface area (Å²) in [5.74, 6) is 0.329. The predicted octanol–water partition coefficient (Wildman–Crippen LogP) is 2.49. The Balaban J connectivity index is 1.98. The molecule has 1 N–H and O–H groups in total. The van der Waals surface area contributed by atoms with Crippen LogP contribution in [0, 0.1) is 10.8 Å². The van der Waals surface area contributed by atoms with Crippen molar-refractivity contribution < 1.29 is 14.3 Å². The Morgan fingerprint density at radius 3 is 2.56 bits per heavy atom. The summed E-state index contributed by atoms with van der Waals surface area (Å²) in [5.41, 5.74) is -0.492. The number of hydrogen-bond acceptors (Lipinski definition) is 3. The molecule has 4 heteroatoms. The largest absolute Gasteiger partial charge is 0.409 e. The van der Waals surface area contributed by atoms with Crippen LogP contribution in [0.25, 0.3) is 0 Å². The molecule has 1 spiro atoms. The molecular weight excluding hydrogens is 244 g/mol. The predicted molar refractivity (Wildman–Crippen MR) is 71.8 cm³/mol. The minimum atomic E-state index is -1.69. The van der Waals surface area contributed by atoms with Gasteiger partial charge in [-0.1, -0.05) is 6.92 Å². The molecule has 4 aliphatic carbocycles. The third kappa shape index (κ3) is 1.20. The summed E-state index contributed by atoms with van der Waals surface area (Å²) >= 11 is 0. The van der Waals surface area contributed by atoms with Gasteiger partial charge >= 0.3 is 0 Å². The van der Waals surface area contributed by atoms with Gasteiger partial charge in [-0.05, 0) is 38.9 Å². The van der Waals surface area contributed by atoms with E-state index in [1.807, 2.05) is 0 Å². The molecule has 0 aliphatic heterocycles. The molecule has 0 radical (unpaired) electrons. The fourth-order valence-corrected chi connectivity index (χ4v) is 6.60. The van der Waals surface area contributed by atoms with Crippen molar-refractivity contribution in [3.05, 3.63) is 0 Å². The van der Waals surface area contributed by atoms with E-state index in [2.05, 4.69) is 26.6 Å². The van der Waals surface area contributed by atoms with Gasteiger partial charge in [-0.25, -0.2) is 0 Å². The second-order valence-electron chi connectivity index (χ2n) is 7.71. The van der Waals surface area contributed by atoms with Gasteiger partial charge < -0.3 is 9.53 Å². The summed E-state index contributed by atoms with van der Waals surface area (Å²) in [6.45, 7) is 8.80. The molecule has 0 aromatic carbocycles. The maximum Gasteiger partial charge on any atom is 0.184 e. The van der Waals surface area contributed by atoms with Crippen LogP contribution in [0.2, 0.25) is 19.6 Å². The minimum absolute atomic E-state index is 0.0214. The number of aliphatic hydroxyl groups is 1. The zero-order chi connectivity index (χ0) is 13.4. The van der Waals surface area contributed by atoms with Gasteiger partial charge in [0.1, 0.15) is 5.78 Å². The van der Waals surface area contributed by atoms with E-state index in [4.69, 9.17) is 4.43 Å². The van der Waals surface area contributed by atoms with Crippen LogP contribution in [0.4, 0.5) is 0 Å². The van der Waals surface area contributed by atoms with E-state index in [0.717, 1.165) is 19.3 Å². The molecule has 4 saturated carbocycles. The van der Waals surface area contributed by atoms with Crippen LogP contribution in [0.5, 0.6) is 0 Å². The van der Waals surface area contributed by atoms with Crippen molar-refractivity contribution in [1.82, 2.24) is 0 Å². The van der Waals surface area contributed by atoms with Crippen LogP contribution in [0.15, 0.2) is 0 Å². The van der Waals surface area contributed by atoms with Crippen molar-refractivity contribution in [1.29, 1.82) is 0 Å². The Bertz CT molecular complexity index is 416. The van der Waals surface area contributed by atoms with Gasteiger partial charge in [-0.2, -0.15) is 0 Å². The SMILES string of the molecule is C[C@@]12CCC(=O)C[C@@]13CC[C@]2(O[Si](C)(C)C)[C@H]3O. The second kappa shape index (κ2) is 3.28. The van der Waals surface area contributed by atoms with Gasteiger partial charge in [0.25, 0.3) is 0 Å². The molecule has 0 heterocycles. The van der Waals surface area contributed by atoms with E-state index < -0.39 is 14.4 Å². The third-order valence-corrected chi connectivity index (χ3v) is 6.82. The van der Waals surface area contributed by atoms with E-state index >= 15 is 0 Å². The summed E-state index contributed by atoms with van der Waals surface area (Å²) in [6.07, 6.45) is 3.60. The van der Waals surface area contributed by atoms with Crippen molar-refractivity contribution in [3.8, 4) is 0 Å². The second-order valence-corrected chi connectivity index (χ2v) is 12.1. The molecule has 4 rings (SSSR count). The van der Waals surface area contributed by atoms with Gasteiger partial charge in [0.05, 0.1) is 11.7 Å². The summed E-state index contributed by atoms with van der Waals surface area (Å²) < 4.78 is 6.44. The number of carbonyl (C=O) groups excluding carboxylic acids is 1. The molecule has 0 saturated heterocycles. The lowest BCUT2D eigenvalue weighted by molar-refractivity contribution is -0.292. The fourth-order valence-electron chi connectivity index (χ4n) is 5.06. The average molecular weight is 268 g/mol. The molecule has 2 bridgehead atoms. The lowest BCUT2D eigenvalue weighted by atomic mass is 9.41. The number of aliphatic hydroxyl groups excluding tert-OH is 1. The molecule has 0 aromatic rings. The fraction of sp³-hybridized carbons (Fsp3) is 0.929. The van der Waals surface area contributed by atoms with Crippen molar-refractivity contribution in [2.45, 2.75) is 70.4 Å². The van der Waals surface area contributed by atoms with Crippen LogP contribution in [0.1, 0.15) is 39.0 Å². The van der Waals surface area contributed by atoms with E-state index in [0.29, 0.717) is 18.6 Å². The van der Waals surface area contributed by atoms with Crippen LogP contribution in [-0.4, -0.2) is 30.9 Å². The van der Waals surface area contributed by atoms with Gasteiger partial charge in [0, 0.05) is 23.7 Å². The molecular formula is C14H24O3Si. The number of rotatable bonds is 2. The van der Waals surface area contributed by atoms with Gasteiger partial charge in [-0.3, -0.25) is 4.79 Å². The van der Waals surface area contributed by atoms with Crippen LogP contribution < -0.4 is 0 Å². The molecule has 18 heavy (non-hydrogen) atoms. The monoisotopic (exact) mass is 268 g/mol. The van der Waals surface area contributed by atoms with Gasteiger partial charge in [0.15, 0.2) is 8.32 Å². The molecule has 4 fully saturated rings. The standard InChI is InChI=1S/C14H24O3Si/c1-12-6-5-10(15)9-13(12)7-8-14(12,11(13)16)17-18(2,3)4/h11,16H,5-9H2,1-4H3/t11-,12+,13+,14-/m0/s1. The molecule has 3 nitrogen and oxygen atoms in total. The Hall–Kier alpha value is -0.193. The molecule has 0 unspecified atom stereocenters. The first-order valence-electron chi connectivity index (χ1n) is 7.07. The molecule has 0 amide bonds. The quantitative estimate of drug-likeness (QED) is 0.783. The lowest BCUT2D eigenvalue weighted by Crippen LogP contribution is -2.77. The topological polar surface area (TPSA) is 46.5 Å². The molecule has 4 aliphatic rings. The third-order valence-electron chi connectivity index (χ3n) is 5.85. The summed E-state index contributed by atoms with van der Waals surface area (Å²) in [6, 6.07) is 0. The maximum atomic E-state index is 11.8. The van der Waals surface area contributed by atoms with Crippen LogP contribution in [0.3, 0.4) is 0 Å². The molecule has 4 atom stereocenters. The van der Waals surface area contributed by atoms with Crippen molar-refractivity contribution in [2.24, 2.45) is 10.8 Å². The van der Waals surface area contributed by atoms with E-state index in [1.165, 1.54) is 0 Å². The van der Waals surface area contributed by atoms with E-state index in [9.17, 15) is 9.90 Å². The van der Waals surface area contributed by atoms with E-state index in [-0.39, 0.29) is 16.4 Å². The smallest absolute Gasteiger partial charge is 0.184 e. The first-order chi connectivity index (χ1) is 8.17. The summed E-state index contributed by atoms with van der Waals surface area (Å²) in [5, 5.41) is 10.7. The zero-order valence-corrected chi connectivity index (χ0v) is 12.9. The number of hydrogen-bond donors (Lipinski definition) is 1. The summed E-state index contributed by atoms with van der Waals surface area (Å²) in [7, 11) is -1.69. The Kier molecular flexibility index (Phi) is 2.33. The van der Waals surface area contributed by atoms with Gasteiger partial charge in [0.2, 0.25) is 0 Å². The highest BCUT2D eigenvalue weighted by molar-refractivity contribution is 6.69. The number of ketones is 1. The van der Waals surface area contributed by atoms with E-state index in [1.54, 1.807) is 0 Å². The number of Topliss-reactive ketones (excluding diaryl/α,β-unsaturated/α-hetero) is 1. The van der Waals surface area contributed by atoms with Crippen LogP contribution >= 0.6 is 0 Å². The Labute approximate surface area is 110 Å². The number of fused-ring (bicyclic) bond motifs is 1. The average Bonchev–Trinajstić information content (AvgIpc) is 2.64. The van der Waals surface area contributed by atoms with Gasteiger partial charge in [-0.15, -0.1) is 0 Å². The van der Waals surface area contributed by atoms with Crippen molar-refractivity contribution >= 4 is 14.1 Å². The number of carbonyl (C=O) groups is 1. The van der Waals surface area contributed by atoms with Crippen molar-refractivity contribution in [3.63, 3.8) is 0 Å².